The van der Waals surface area contributed by atoms with E-state index in [2.05, 4.69) is 34.3 Å². The van der Waals surface area contributed by atoms with Crippen molar-refractivity contribution in [3.05, 3.63) is 59.7 Å². The van der Waals surface area contributed by atoms with Crippen LogP contribution in [0.3, 0.4) is 0 Å². The molecule has 0 amide bonds. The number of likely N-dealkylation sites (tertiary alicyclic amines) is 1. The van der Waals surface area contributed by atoms with Crippen molar-refractivity contribution in [2.45, 2.75) is 31.6 Å². The predicted molar refractivity (Wildman–Crippen MR) is 110 cm³/mol. The molecule has 0 spiro atoms. The van der Waals surface area contributed by atoms with E-state index < -0.39 is 0 Å². The first-order valence-corrected chi connectivity index (χ1v) is 10.7. The second-order valence-electron chi connectivity index (χ2n) is 7.55. The highest BCUT2D eigenvalue weighted by Crippen LogP contribution is 2.34. The Balaban J connectivity index is 1.15. The molecule has 1 fully saturated rings. The molecule has 4 aromatic rings. The second kappa shape index (κ2) is 7.60. The van der Waals surface area contributed by atoms with E-state index in [9.17, 15) is 4.39 Å². The zero-order chi connectivity index (χ0) is 18.9. The lowest BCUT2D eigenvalue weighted by Crippen LogP contribution is -2.34. The van der Waals surface area contributed by atoms with Crippen LogP contribution in [0.2, 0.25) is 0 Å². The quantitative estimate of drug-likeness (QED) is 0.454. The van der Waals surface area contributed by atoms with Gasteiger partial charge in [0.2, 0.25) is 0 Å². The highest BCUT2D eigenvalue weighted by atomic mass is 32.1. The summed E-state index contributed by atoms with van der Waals surface area (Å²) in [6.45, 7) is 3.28. The van der Waals surface area contributed by atoms with Crippen LogP contribution in [0.25, 0.3) is 21.1 Å². The fourth-order valence-corrected chi connectivity index (χ4v) is 5.10. The van der Waals surface area contributed by atoms with Gasteiger partial charge in [-0.1, -0.05) is 23.4 Å². The van der Waals surface area contributed by atoms with E-state index in [0.717, 1.165) is 43.6 Å². The van der Waals surface area contributed by atoms with Crippen LogP contribution in [-0.4, -0.2) is 34.1 Å². The molecule has 0 bridgehead atoms. The maximum absolute atomic E-state index is 13.3. The average Bonchev–Trinajstić information content (AvgIpc) is 3.33. The van der Waals surface area contributed by atoms with Gasteiger partial charge in [-0.3, -0.25) is 0 Å². The van der Waals surface area contributed by atoms with E-state index in [-0.39, 0.29) is 5.82 Å². The molecule has 3 heterocycles. The maximum atomic E-state index is 13.3. The minimum Gasteiger partial charge on any atom is -0.356 e. The van der Waals surface area contributed by atoms with E-state index >= 15 is 0 Å². The molecule has 1 saturated heterocycles. The number of aromatic nitrogens is 2. The van der Waals surface area contributed by atoms with Crippen molar-refractivity contribution in [2.24, 2.45) is 0 Å². The molecule has 144 valence electrons. The van der Waals surface area contributed by atoms with Gasteiger partial charge in [0, 0.05) is 22.8 Å². The summed E-state index contributed by atoms with van der Waals surface area (Å²) < 4.78 is 24.6. The number of hydrogen-bond acceptors (Lipinski definition) is 5. The van der Waals surface area contributed by atoms with Crippen molar-refractivity contribution in [3.63, 3.8) is 0 Å². The fourth-order valence-electron chi connectivity index (χ4n) is 4.24. The van der Waals surface area contributed by atoms with Crippen molar-refractivity contribution < 1.29 is 8.91 Å². The Morgan fingerprint density at radius 1 is 1.11 bits per heavy atom. The van der Waals surface area contributed by atoms with Crippen LogP contribution in [0, 0.1) is 5.82 Å². The van der Waals surface area contributed by atoms with Gasteiger partial charge in [0.25, 0.3) is 0 Å². The Morgan fingerprint density at radius 3 is 2.86 bits per heavy atom. The number of fused-ring (bicyclic) bond motifs is 2. The number of hydrogen-bond donors (Lipinski definition) is 0. The molecule has 4 nitrogen and oxygen atoms in total. The van der Waals surface area contributed by atoms with Crippen molar-refractivity contribution >= 4 is 32.6 Å². The van der Waals surface area contributed by atoms with Crippen LogP contribution in [0.5, 0.6) is 0 Å². The summed E-state index contributed by atoms with van der Waals surface area (Å²) >= 11 is 1.62. The van der Waals surface area contributed by atoms with E-state index in [1.807, 2.05) is 0 Å². The highest BCUT2D eigenvalue weighted by molar-refractivity contribution is 7.13. The monoisotopic (exact) mass is 395 g/mol. The zero-order valence-corrected chi connectivity index (χ0v) is 16.4. The molecule has 0 saturated carbocycles. The van der Waals surface area contributed by atoms with Crippen LogP contribution < -0.4 is 0 Å². The molecule has 1 aliphatic rings. The molecule has 0 unspecified atom stereocenters. The molecule has 5 rings (SSSR count). The summed E-state index contributed by atoms with van der Waals surface area (Å²) in [6, 6.07) is 13.2. The zero-order valence-electron chi connectivity index (χ0n) is 15.6. The van der Waals surface area contributed by atoms with Gasteiger partial charge in [-0.05, 0) is 75.0 Å². The largest absolute Gasteiger partial charge is 0.356 e. The minimum atomic E-state index is -0.286. The van der Waals surface area contributed by atoms with E-state index in [1.165, 1.54) is 40.8 Å². The van der Waals surface area contributed by atoms with Crippen LogP contribution in [0.15, 0.2) is 47.0 Å². The topological polar surface area (TPSA) is 42.2 Å². The third-order valence-electron chi connectivity index (χ3n) is 5.78. The van der Waals surface area contributed by atoms with Crippen LogP contribution in [0.1, 0.15) is 36.6 Å². The predicted octanol–water partition coefficient (Wildman–Crippen LogP) is 5.39. The highest BCUT2D eigenvalue weighted by Gasteiger charge is 2.24. The molecular formula is C22H22FN3OS. The lowest BCUT2D eigenvalue weighted by molar-refractivity contribution is 0.209. The molecule has 0 radical (unpaired) electrons. The molecule has 6 heteroatoms. The summed E-state index contributed by atoms with van der Waals surface area (Å²) in [4.78, 5) is 2.53. The maximum Gasteiger partial charge on any atom is 0.170 e. The number of piperidine rings is 1. The third kappa shape index (κ3) is 3.42. The summed E-state index contributed by atoms with van der Waals surface area (Å²) in [5.74, 6) is 0.285. The second-order valence-corrected chi connectivity index (χ2v) is 8.36. The Hall–Kier alpha value is -2.31. The Labute approximate surface area is 167 Å². The fraction of sp³-hybridized carbons (Fsp3) is 0.364. The first kappa shape index (κ1) is 17.8. The van der Waals surface area contributed by atoms with Crippen LogP contribution in [0.4, 0.5) is 4.39 Å². The molecular weight excluding hydrogens is 373 g/mol. The Morgan fingerprint density at radius 2 is 1.96 bits per heavy atom. The van der Waals surface area contributed by atoms with Gasteiger partial charge < -0.3 is 9.42 Å². The standard InChI is InChI=1S/C22H22FN3OS/c23-16-7-8-17-19(24-27-20(17)14-16)5-3-11-26-12-9-15(10-13-26)22-18-4-1-2-6-21(18)28-25-22/h1-2,4,6-8,14-15H,3,5,9-13H2. The molecule has 2 aromatic heterocycles. The smallest absolute Gasteiger partial charge is 0.170 e. The van der Waals surface area contributed by atoms with Gasteiger partial charge in [-0.2, -0.15) is 4.37 Å². The first-order valence-electron chi connectivity index (χ1n) is 9.88. The van der Waals surface area contributed by atoms with Crippen molar-refractivity contribution in [2.75, 3.05) is 19.6 Å². The summed E-state index contributed by atoms with van der Waals surface area (Å²) in [5.41, 5.74) is 2.76. The number of nitrogens with zero attached hydrogens (tertiary/aromatic N) is 3. The van der Waals surface area contributed by atoms with Gasteiger partial charge >= 0.3 is 0 Å². The SMILES string of the molecule is Fc1ccc2c(CCCN3CCC(c4nsc5ccccc45)CC3)noc2c1. The Bertz CT molecular complexity index is 1100. The number of halogens is 1. The molecule has 2 aromatic carbocycles. The first-order chi connectivity index (χ1) is 13.8. The number of rotatable bonds is 5. The lowest BCUT2D eigenvalue weighted by atomic mass is 9.91. The van der Waals surface area contributed by atoms with E-state index in [4.69, 9.17) is 8.90 Å². The number of benzene rings is 2. The summed E-state index contributed by atoms with van der Waals surface area (Å²) in [7, 11) is 0. The Kier molecular flexibility index (Phi) is 4.82. The number of aryl methyl sites for hydroxylation is 1. The molecule has 1 aliphatic heterocycles. The van der Waals surface area contributed by atoms with Gasteiger partial charge in [-0.15, -0.1) is 0 Å². The molecule has 0 atom stereocenters. The molecule has 28 heavy (non-hydrogen) atoms. The minimum absolute atomic E-state index is 0.286. The van der Waals surface area contributed by atoms with Gasteiger partial charge in [-0.25, -0.2) is 4.39 Å². The van der Waals surface area contributed by atoms with Crippen LogP contribution in [-0.2, 0) is 6.42 Å². The van der Waals surface area contributed by atoms with Crippen LogP contribution >= 0.6 is 11.5 Å². The summed E-state index contributed by atoms with van der Waals surface area (Å²) in [6.07, 6.45) is 4.22. The average molecular weight is 396 g/mol. The van der Waals surface area contributed by atoms with Gasteiger partial charge in [0.15, 0.2) is 5.58 Å². The lowest BCUT2D eigenvalue weighted by Gasteiger charge is -2.31. The third-order valence-corrected chi connectivity index (χ3v) is 6.62. The van der Waals surface area contributed by atoms with E-state index in [0.29, 0.717) is 11.5 Å². The van der Waals surface area contributed by atoms with Gasteiger partial charge in [0.1, 0.15) is 5.82 Å². The van der Waals surface area contributed by atoms with Gasteiger partial charge in [0.05, 0.1) is 16.1 Å². The van der Waals surface area contributed by atoms with E-state index in [1.54, 1.807) is 17.6 Å². The molecule has 0 N–H and O–H groups in total. The van der Waals surface area contributed by atoms with Crippen molar-refractivity contribution in [1.82, 2.24) is 14.4 Å². The normalized spacial score (nSPS) is 16.3. The van der Waals surface area contributed by atoms with Crippen molar-refractivity contribution in [3.8, 4) is 0 Å². The summed E-state index contributed by atoms with van der Waals surface area (Å²) in [5, 5.41) is 6.39. The molecule has 0 aliphatic carbocycles. The van der Waals surface area contributed by atoms with Crippen molar-refractivity contribution in [1.29, 1.82) is 0 Å².